The van der Waals surface area contributed by atoms with Crippen molar-refractivity contribution in [1.82, 2.24) is 4.90 Å². The lowest BCUT2D eigenvalue weighted by molar-refractivity contribution is 0.143. The SMILES string of the molecule is CCC(Cc1ccccc1)(Cc1ccc(F)cc1)N(C)C. The van der Waals surface area contributed by atoms with Gasteiger partial charge in [-0.3, -0.25) is 0 Å². The summed E-state index contributed by atoms with van der Waals surface area (Å²) in [6, 6.07) is 17.5. The van der Waals surface area contributed by atoms with E-state index in [4.69, 9.17) is 0 Å². The zero-order valence-electron chi connectivity index (χ0n) is 13.1. The highest BCUT2D eigenvalue weighted by atomic mass is 19.1. The van der Waals surface area contributed by atoms with Crippen molar-refractivity contribution >= 4 is 0 Å². The van der Waals surface area contributed by atoms with Crippen molar-refractivity contribution in [3.05, 3.63) is 71.5 Å². The summed E-state index contributed by atoms with van der Waals surface area (Å²) in [5, 5.41) is 0. The maximum absolute atomic E-state index is 13.1. The highest BCUT2D eigenvalue weighted by Gasteiger charge is 2.31. The molecule has 0 bridgehead atoms. The van der Waals surface area contributed by atoms with Gasteiger partial charge in [0, 0.05) is 5.54 Å². The first-order chi connectivity index (χ1) is 10.1. The Bertz CT molecular complexity index is 548. The van der Waals surface area contributed by atoms with Crippen LogP contribution in [-0.2, 0) is 12.8 Å². The van der Waals surface area contributed by atoms with Crippen molar-refractivity contribution in [3.63, 3.8) is 0 Å². The number of benzene rings is 2. The normalized spacial score (nSPS) is 14.1. The first kappa shape index (κ1) is 15.7. The highest BCUT2D eigenvalue weighted by molar-refractivity contribution is 5.23. The molecule has 2 rings (SSSR count). The quantitative estimate of drug-likeness (QED) is 0.764. The van der Waals surface area contributed by atoms with E-state index in [-0.39, 0.29) is 11.4 Å². The van der Waals surface area contributed by atoms with Crippen molar-refractivity contribution < 1.29 is 4.39 Å². The van der Waals surface area contributed by atoms with E-state index in [9.17, 15) is 4.39 Å². The molecule has 2 aromatic rings. The van der Waals surface area contributed by atoms with Gasteiger partial charge in [-0.2, -0.15) is 0 Å². The van der Waals surface area contributed by atoms with E-state index in [1.807, 2.05) is 18.2 Å². The molecule has 0 spiro atoms. The van der Waals surface area contributed by atoms with Crippen LogP contribution in [0.5, 0.6) is 0 Å². The number of likely N-dealkylation sites (N-methyl/N-ethyl adjacent to an activating group) is 1. The van der Waals surface area contributed by atoms with Gasteiger partial charge in [-0.15, -0.1) is 0 Å². The summed E-state index contributed by atoms with van der Waals surface area (Å²) < 4.78 is 13.1. The molecule has 0 fully saturated rings. The van der Waals surface area contributed by atoms with Crippen LogP contribution in [0.1, 0.15) is 24.5 Å². The molecule has 0 aliphatic carbocycles. The second-order valence-corrected chi connectivity index (χ2v) is 5.94. The Morgan fingerprint density at radius 2 is 1.38 bits per heavy atom. The summed E-state index contributed by atoms with van der Waals surface area (Å²) in [4.78, 5) is 2.31. The van der Waals surface area contributed by atoms with Crippen molar-refractivity contribution in [2.45, 2.75) is 31.7 Å². The third kappa shape index (κ3) is 3.92. The van der Waals surface area contributed by atoms with Crippen LogP contribution in [0.4, 0.5) is 4.39 Å². The van der Waals surface area contributed by atoms with Crippen LogP contribution in [0.25, 0.3) is 0 Å². The van der Waals surface area contributed by atoms with Crippen LogP contribution >= 0.6 is 0 Å². The molecule has 1 atom stereocenters. The van der Waals surface area contributed by atoms with Crippen LogP contribution < -0.4 is 0 Å². The minimum Gasteiger partial charge on any atom is -0.303 e. The van der Waals surface area contributed by atoms with E-state index in [0.29, 0.717) is 0 Å². The molecule has 0 heterocycles. The minimum absolute atomic E-state index is 0.0547. The van der Waals surface area contributed by atoms with Crippen LogP contribution in [0, 0.1) is 5.82 Å². The molecule has 2 heteroatoms. The molecule has 1 unspecified atom stereocenters. The summed E-state index contributed by atoms with van der Waals surface area (Å²) in [5.74, 6) is -0.172. The molecule has 0 amide bonds. The minimum atomic E-state index is -0.172. The zero-order valence-corrected chi connectivity index (χ0v) is 13.1. The third-order valence-corrected chi connectivity index (χ3v) is 4.43. The third-order valence-electron chi connectivity index (χ3n) is 4.43. The second-order valence-electron chi connectivity index (χ2n) is 5.94. The van der Waals surface area contributed by atoms with Gasteiger partial charge in [-0.1, -0.05) is 49.4 Å². The van der Waals surface area contributed by atoms with Gasteiger partial charge in [0.1, 0.15) is 5.82 Å². The zero-order chi connectivity index (χ0) is 15.3. The van der Waals surface area contributed by atoms with Gasteiger partial charge in [-0.25, -0.2) is 4.39 Å². The number of halogens is 1. The Morgan fingerprint density at radius 3 is 1.86 bits per heavy atom. The van der Waals surface area contributed by atoms with Gasteiger partial charge in [0.05, 0.1) is 0 Å². The summed E-state index contributed by atoms with van der Waals surface area (Å²) in [6.45, 7) is 2.23. The number of hydrogen-bond acceptors (Lipinski definition) is 1. The fourth-order valence-corrected chi connectivity index (χ4v) is 2.90. The molecule has 2 aromatic carbocycles. The van der Waals surface area contributed by atoms with E-state index >= 15 is 0 Å². The van der Waals surface area contributed by atoms with E-state index < -0.39 is 0 Å². The van der Waals surface area contributed by atoms with E-state index in [2.05, 4.69) is 50.2 Å². The lowest BCUT2D eigenvalue weighted by Crippen LogP contribution is -2.47. The maximum atomic E-state index is 13.1. The van der Waals surface area contributed by atoms with Gasteiger partial charge < -0.3 is 4.90 Å². The van der Waals surface area contributed by atoms with E-state index in [0.717, 1.165) is 19.3 Å². The molecule has 1 nitrogen and oxygen atoms in total. The number of hydrogen-bond donors (Lipinski definition) is 0. The van der Waals surface area contributed by atoms with E-state index in [1.54, 1.807) is 12.1 Å². The van der Waals surface area contributed by atoms with Crippen LogP contribution in [0.2, 0.25) is 0 Å². The summed E-state index contributed by atoms with van der Waals surface area (Å²) >= 11 is 0. The van der Waals surface area contributed by atoms with Crippen LogP contribution in [0.15, 0.2) is 54.6 Å². The smallest absolute Gasteiger partial charge is 0.123 e. The molecule has 0 aliphatic rings. The highest BCUT2D eigenvalue weighted by Crippen LogP contribution is 2.27. The van der Waals surface area contributed by atoms with Crippen LogP contribution in [0.3, 0.4) is 0 Å². The van der Waals surface area contributed by atoms with Crippen molar-refractivity contribution in [1.29, 1.82) is 0 Å². The Labute approximate surface area is 127 Å². The summed E-state index contributed by atoms with van der Waals surface area (Å²) in [5.41, 5.74) is 2.58. The van der Waals surface area contributed by atoms with Crippen molar-refractivity contribution in [3.8, 4) is 0 Å². The Kier molecular flexibility index (Phi) is 5.13. The number of rotatable bonds is 6. The topological polar surface area (TPSA) is 3.24 Å². The fraction of sp³-hybridized carbons (Fsp3) is 0.368. The molecule has 0 saturated carbocycles. The summed E-state index contributed by atoms with van der Waals surface area (Å²) in [6.07, 6.45) is 2.96. The molecular weight excluding hydrogens is 261 g/mol. The predicted octanol–water partition coefficient (Wildman–Crippen LogP) is 4.32. The lowest BCUT2D eigenvalue weighted by Gasteiger charge is -2.40. The van der Waals surface area contributed by atoms with Gasteiger partial charge in [0.25, 0.3) is 0 Å². The first-order valence-corrected chi connectivity index (χ1v) is 7.51. The number of nitrogens with zero attached hydrogens (tertiary/aromatic N) is 1. The van der Waals surface area contributed by atoms with Gasteiger partial charge in [0.15, 0.2) is 0 Å². The summed E-state index contributed by atoms with van der Waals surface area (Å²) in [7, 11) is 4.27. The van der Waals surface area contributed by atoms with Crippen LogP contribution in [-0.4, -0.2) is 24.5 Å². The lowest BCUT2D eigenvalue weighted by atomic mass is 9.81. The van der Waals surface area contributed by atoms with Gasteiger partial charge >= 0.3 is 0 Å². The molecule has 21 heavy (non-hydrogen) atoms. The van der Waals surface area contributed by atoms with E-state index in [1.165, 1.54) is 11.1 Å². The Balaban J connectivity index is 2.26. The second kappa shape index (κ2) is 6.86. The molecule has 0 aromatic heterocycles. The maximum Gasteiger partial charge on any atom is 0.123 e. The average Bonchev–Trinajstić information content (AvgIpc) is 2.49. The van der Waals surface area contributed by atoms with Gasteiger partial charge in [0.2, 0.25) is 0 Å². The molecule has 112 valence electrons. The largest absolute Gasteiger partial charge is 0.303 e. The van der Waals surface area contributed by atoms with Crippen molar-refractivity contribution in [2.24, 2.45) is 0 Å². The standard InChI is InChI=1S/C19H24FN/c1-4-19(21(2)3,14-16-8-6-5-7-9-16)15-17-10-12-18(20)13-11-17/h5-13H,4,14-15H2,1-3H3. The fourth-order valence-electron chi connectivity index (χ4n) is 2.90. The molecule has 0 radical (unpaired) electrons. The molecular formula is C19H24FN. The predicted molar refractivity (Wildman–Crippen MR) is 87.0 cm³/mol. The Morgan fingerprint density at radius 1 is 0.857 bits per heavy atom. The van der Waals surface area contributed by atoms with Crippen molar-refractivity contribution in [2.75, 3.05) is 14.1 Å². The first-order valence-electron chi connectivity index (χ1n) is 7.51. The Hall–Kier alpha value is -1.67. The molecule has 0 saturated heterocycles. The molecule has 0 aliphatic heterocycles. The average molecular weight is 285 g/mol. The monoisotopic (exact) mass is 285 g/mol. The molecule has 0 N–H and O–H groups in total. The van der Waals surface area contributed by atoms with Gasteiger partial charge in [-0.05, 0) is 56.6 Å².